The first-order chi connectivity index (χ1) is 23.6. The van der Waals surface area contributed by atoms with E-state index in [9.17, 15) is 5.26 Å². The zero-order chi connectivity index (χ0) is 32.4. The van der Waals surface area contributed by atoms with Crippen molar-refractivity contribution in [1.82, 2.24) is 9.13 Å². The molecule has 3 unspecified atom stereocenters. The molecule has 6 aromatic rings. The van der Waals surface area contributed by atoms with Gasteiger partial charge in [0.05, 0.1) is 33.4 Å². The second kappa shape index (κ2) is 11.4. The number of para-hydroxylation sites is 3. The van der Waals surface area contributed by atoms with Crippen molar-refractivity contribution in [2.24, 2.45) is 5.92 Å². The normalized spacial score (nSPS) is 19.7. The fourth-order valence-corrected chi connectivity index (χ4v) is 8.43. The molecule has 3 atom stereocenters. The fourth-order valence-electron chi connectivity index (χ4n) is 8.12. The van der Waals surface area contributed by atoms with Gasteiger partial charge >= 0.3 is 0 Å². The van der Waals surface area contributed by atoms with E-state index < -0.39 is 0 Å². The first-order valence-corrected chi connectivity index (χ1v) is 17.3. The van der Waals surface area contributed by atoms with E-state index in [1.54, 1.807) is 0 Å². The maximum atomic E-state index is 10.4. The van der Waals surface area contributed by atoms with Gasteiger partial charge in [0, 0.05) is 39.2 Å². The molecule has 48 heavy (non-hydrogen) atoms. The topological polar surface area (TPSA) is 33.6 Å². The number of alkyl halides is 1. The summed E-state index contributed by atoms with van der Waals surface area (Å²) in [4.78, 5) is 0. The highest BCUT2D eigenvalue weighted by Crippen LogP contribution is 2.45. The molecule has 0 fully saturated rings. The summed E-state index contributed by atoms with van der Waals surface area (Å²) in [7, 11) is 0. The van der Waals surface area contributed by atoms with E-state index in [0.29, 0.717) is 5.56 Å². The first kappa shape index (κ1) is 28.9. The van der Waals surface area contributed by atoms with E-state index in [1.165, 1.54) is 33.4 Å². The first-order valence-electron chi connectivity index (χ1n) is 16.9. The summed E-state index contributed by atoms with van der Waals surface area (Å²) >= 11 is 6.98. The minimum absolute atomic E-state index is 0.116. The van der Waals surface area contributed by atoms with E-state index in [-0.39, 0.29) is 17.2 Å². The monoisotopic (exact) mass is 639 g/mol. The third-order valence-electron chi connectivity index (χ3n) is 10.5. The SMILES string of the molecule is CC1C=Cc2c(c3ccccc3n2-c2ccc(C3=CCC(c4ccccc4-n4c5c(c6ccccc64)C=CCC5)C=C3)cc2C#N)C1Cl. The van der Waals surface area contributed by atoms with Gasteiger partial charge in [-0.3, -0.25) is 0 Å². The van der Waals surface area contributed by atoms with Crippen LogP contribution in [0.25, 0.3) is 50.9 Å². The molecule has 2 heterocycles. The van der Waals surface area contributed by atoms with Crippen LogP contribution in [0.4, 0.5) is 0 Å². The minimum atomic E-state index is -0.116. The molecule has 0 saturated carbocycles. The Kier molecular flexibility index (Phi) is 6.89. The van der Waals surface area contributed by atoms with Crippen LogP contribution in [0, 0.1) is 17.2 Å². The van der Waals surface area contributed by atoms with Crippen LogP contribution in [0.5, 0.6) is 0 Å². The molecule has 0 radical (unpaired) electrons. The fraction of sp³-hybridized carbons (Fsp3) is 0.159. The largest absolute Gasteiger partial charge is 0.313 e. The van der Waals surface area contributed by atoms with Crippen LogP contribution in [0.1, 0.15) is 70.3 Å². The second-order valence-electron chi connectivity index (χ2n) is 13.2. The van der Waals surface area contributed by atoms with E-state index in [2.05, 4.69) is 150 Å². The molecule has 0 spiro atoms. The molecule has 0 saturated heterocycles. The van der Waals surface area contributed by atoms with Gasteiger partial charge < -0.3 is 9.13 Å². The summed E-state index contributed by atoms with van der Waals surface area (Å²) in [5.74, 6) is 0.494. The van der Waals surface area contributed by atoms with Crippen LogP contribution < -0.4 is 0 Å². The Morgan fingerprint density at radius 3 is 2.38 bits per heavy atom. The van der Waals surface area contributed by atoms with Crippen LogP contribution in [0.15, 0.2) is 121 Å². The Morgan fingerprint density at radius 2 is 1.56 bits per heavy atom. The van der Waals surface area contributed by atoms with Gasteiger partial charge in [0.2, 0.25) is 0 Å². The predicted molar refractivity (Wildman–Crippen MR) is 200 cm³/mol. The molecule has 0 amide bonds. The van der Waals surface area contributed by atoms with Gasteiger partial charge in [0.25, 0.3) is 0 Å². The van der Waals surface area contributed by atoms with E-state index in [0.717, 1.165) is 58.2 Å². The number of fused-ring (bicyclic) bond motifs is 6. The van der Waals surface area contributed by atoms with Crippen molar-refractivity contribution in [1.29, 1.82) is 5.26 Å². The summed E-state index contributed by atoms with van der Waals surface area (Å²) in [5.41, 5.74) is 13.6. The number of hydrogen-bond donors (Lipinski definition) is 0. The summed E-state index contributed by atoms with van der Waals surface area (Å²) in [6.45, 7) is 2.15. The van der Waals surface area contributed by atoms with Gasteiger partial charge in [-0.05, 0) is 78.3 Å². The van der Waals surface area contributed by atoms with E-state index in [4.69, 9.17) is 11.6 Å². The van der Waals surface area contributed by atoms with Crippen LogP contribution in [0.3, 0.4) is 0 Å². The number of rotatable bonds is 4. The Balaban J connectivity index is 1.07. The number of nitrogens with zero attached hydrogens (tertiary/aromatic N) is 3. The molecule has 0 N–H and O–H groups in total. The van der Waals surface area contributed by atoms with Crippen LogP contribution >= 0.6 is 11.6 Å². The third-order valence-corrected chi connectivity index (χ3v) is 11.1. The Bertz CT molecular complexity index is 2440. The van der Waals surface area contributed by atoms with Crippen LogP contribution in [-0.2, 0) is 6.42 Å². The lowest BCUT2D eigenvalue weighted by atomic mass is 9.87. The number of hydrogen-bond acceptors (Lipinski definition) is 1. The zero-order valence-electron chi connectivity index (χ0n) is 26.8. The number of halogens is 1. The average Bonchev–Trinajstić information content (AvgIpc) is 3.66. The summed E-state index contributed by atoms with van der Waals surface area (Å²) in [6.07, 6.45) is 18.9. The molecular weight excluding hydrogens is 606 g/mol. The van der Waals surface area contributed by atoms with Crippen molar-refractivity contribution in [2.45, 2.75) is 37.5 Å². The van der Waals surface area contributed by atoms with Crippen molar-refractivity contribution < 1.29 is 0 Å². The number of allylic oxidation sites excluding steroid dienone is 6. The smallest absolute Gasteiger partial charge is 0.101 e. The highest BCUT2D eigenvalue weighted by molar-refractivity contribution is 6.23. The van der Waals surface area contributed by atoms with Gasteiger partial charge in [-0.2, -0.15) is 5.26 Å². The Hall–Kier alpha value is -5.30. The summed E-state index contributed by atoms with van der Waals surface area (Å²) < 4.78 is 4.71. The molecule has 3 aliphatic carbocycles. The molecule has 9 rings (SSSR count). The molecule has 0 bridgehead atoms. The lowest BCUT2D eigenvalue weighted by Gasteiger charge is -2.23. The molecule has 3 nitrogen and oxygen atoms in total. The van der Waals surface area contributed by atoms with Gasteiger partial charge in [-0.15, -0.1) is 11.6 Å². The molecular formula is C44H34ClN3. The molecule has 232 valence electrons. The van der Waals surface area contributed by atoms with Crippen molar-refractivity contribution in [3.05, 3.63) is 161 Å². The molecule has 0 aliphatic heterocycles. The van der Waals surface area contributed by atoms with Crippen molar-refractivity contribution in [3.63, 3.8) is 0 Å². The molecule has 3 aliphatic rings. The second-order valence-corrected chi connectivity index (χ2v) is 13.7. The molecule has 4 heteroatoms. The average molecular weight is 640 g/mol. The van der Waals surface area contributed by atoms with Gasteiger partial charge in [-0.25, -0.2) is 0 Å². The van der Waals surface area contributed by atoms with Crippen LogP contribution in [0.2, 0.25) is 0 Å². The standard InChI is InChI=1S/C44H34ClN3/c1-28-18-24-42-43(44(28)45)36-13-5-9-17-41(36)47(42)37-25-23-31(26-32(37)27-46)29-19-21-30(22-20-29)33-10-2-6-14-38(33)48-39-15-7-3-11-34(39)35-12-4-8-16-40(35)48/h2-7,9-15,17-21,23-26,28,30,44H,8,16,22H2,1H3. The lowest BCUT2D eigenvalue weighted by Crippen LogP contribution is -2.09. The quantitative estimate of drug-likeness (QED) is 0.177. The predicted octanol–water partition coefficient (Wildman–Crippen LogP) is 11.5. The van der Waals surface area contributed by atoms with Crippen molar-refractivity contribution in [2.75, 3.05) is 0 Å². The number of aromatic nitrogens is 2. The van der Waals surface area contributed by atoms with Gasteiger partial charge in [-0.1, -0.05) is 104 Å². The molecule has 2 aromatic heterocycles. The van der Waals surface area contributed by atoms with E-state index in [1.807, 2.05) is 6.07 Å². The van der Waals surface area contributed by atoms with Crippen molar-refractivity contribution >= 4 is 51.1 Å². The molecule has 4 aromatic carbocycles. The lowest BCUT2D eigenvalue weighted by molar-refractivity contribution is 0.691. The summed E-state index contributed by atoms with van der Waals surface area (Å²) in [6, 6.07) is 34.9. The summed E-state index contributed by atoms with van der Waals surface area (Å²) in [5, 5.41) is 12.8. The number of benzene rings is 4. The van der Waals surface area contributed by atoms with Crippen molar-refractivity contribution in [3.8, 4) is 17.4 Å². The Morgan fingerprint density at radius 1 is 0.792 bits per heavy atom. The van der Waals surface area contributed by atoms with Gasteiger partial charge in [0.15, 0.2) is 0 Å². The third kappa shape index (κ3) is 4.40. The minimum Gasteiger partial charge on any atom is -0.313 e. The van der Waals surface area contributed by atoms with Gasteiger partial charge in [0.1, 0.15) is 6.07 Å². The zero-order valence-corrected chi connectivity index (χ0v) is 27.5. The maximum Gasteiger partial charge on any atom is 0.101 e. The Labute approximate surface area is 286 Å². The highest BCUT2D eigenvalue weighted by atomic mass is 35.5. The van der Waals surface area contributed by atoms with E-state index >= 15 is 0 Å². The maximum absolute atomic E-state index is 10.4. The number of nitriles is 1. The van der Waals surface area contributed by atoms with Crippen LogP contribution in [-0.4, -0.2) is 9.13 Å². The highest BCUT2D eigenvalue weighted by Gasteiger charge is 2.29.